The maximum Gasteiger partial charge on any atom is 0.573 e. The van der Waals surface area contributed by atoms with Gasteiger partial charge in [-0.2, -0.15) is 0 Å². The Morgan fingerprint density at radius 3 is 2.57 bits per heavy atom. The van der Waals surface area contributed by atoms with Crippen molar-refractivity contribution in [2.75, 3.05) is 13.1 Å². The third-order valence-electron chi connectivity index (χ3n) is 3.46. The fraction of sp³-hybridized carbons (Fsp3) is 0.533. The van der Waals surface area contributed by atoms with E-state index in [9.17, 15) is 18.0 Å². The molecule has 23 heavy (non-hydrogen) atoms. The lowest BCUT2D eigenvalue weighted by molar-refractivity contribution is -0.274. The van der Waals surface area contributed by atoms with Crippen molar-refractivity contribution < 1.29 is 22.7 Å². The second-order valence-corrected chi connectivity index (χ2v) is 5.30. The van der Waals surface area contributed by atoms with Crippen LogP contribution in [0.15, 0.2) is 24.3 Å². The zero-order valence-electron chi connectivity index (χ0n) is 12.5. The maximum absolute atomic E-state index is 12.0. The highest BCUT2D eigenvalue weighted by atomic mass is 35.5. The number of nitrogens with one attached hydrogen (secondary N) is 2. The Labute approximate surface area is 139 Å². The van der Waals surface area contributed by atoms with Crippen molar-refractivity contribution >= 4 is 18.3 Å². The van der Waals surface area contributed by atoms with Gasteiger partial charge in [0.15, 0.2) is 0 Å². The molecule has 0 spiro atoms. The summed E-state index contributed by atoms with van der Waals surface area (Å²) >= 11 is 0. The van der Waals surface area contributed by atoms with Gasteiger partial charge in [0, 0.05) is 19.0 Å². The monoisotopic (exact) mass is 352 g/mol. The van der Waals surface area contributed by atoms with Crippen molar-refractivity contribution in [1.29, 1.82) is 0 Å². The van der Waals surface area contributed by atoms with Gasteiger partial charge in [-0.15, -0.1) is 25.6 Å². The summed E-state index contributed by atoms with van der Waals surface area (Å²) in [4.78, 5) is 11.8. The molecule has 0 aromatic heterocycles. The molecule has 8 heteroatoms. The highest BCUT2D eigenvalue weighted by molar-refractivity contribution is 5.85. The van der Waals surface area contributed by atoms with Gasteiger partial charge >= 0.3 is 6.36 Å². The molecule has 1 aliphatic heterocycles. The van der Waals surface area contributed by atoms with Crippen molar-refractivity contribution in [3.05, 3.63) is 29.8 Å². The molecule has 1 unspecified atom stereocenters. The van der Waals surface area contributed by atoms with Gasteiger partial charge in [-0.3, -0.25) is 4.79 Å². The molecule has 2 N–H and O–H groups in total. The van der Waals surface area contributed by atoms with Gasteiger partial charge in [0.1, 0.15) is 5.75 Å². The number of carbonyl (C=O) groups is 1. The molecule has 1 aromatic rings. The summed E-state index contributed by atoms with van der Waals surface area (Å²) in [7, 11) is 0. The average Bonchev–Trinajstić information content (AvgIpc) is 2.46. The number of alkyl halides is 3. The van der Waals surface area contributed by atoms with Crippen LogP contribution in [-0.4, -0.2) is 31.4 Å². The molecule has 1 heterocycles. The van der Waals surface area contributed by atoms with Crippen LogP contribution >= 0.6 is 12.4 Å². The van der Waals surface area contributed by atoms with Crippen LogP contribution in [0.2, 0.25) is 0 Å². The molecular weight excluding hydrogens is 333 g/mol. The second kappa shape index (κ2) is 8.98. The highest BCUT2D eigenvalue weighted by Gasteiger charge is 2.30. The molecule has 2 rings (SSSR count). The molecule has 1 saturated heterocycles. The number of benzene rings is 1. The van der Waals surface area contributed by atoms with E-state index in [2.05, 4.69) is 15.4 Å². The highest BCUT2D eigenvalue weighted by Crippen LogP contribution is 2.23. The summed E-state index contributed by atoms with van der Waals surface area (Å²) in [5, 5.41) is 6.17. The summed E-state index contributed by atoms with van der Waals surface area (Å²) in [6.45, 7) is 1.77. The van der Waals surface area contributed by atoms with Crippen molar-refractivity contribution in [3.63, 3.8) is 0 Å². The molecule has 4 nitrogen and oxygen atoms in total. The van der Waals surface area contributed by atoms with E-state index in [0.717, 1.165) is 31.5 Å². The van der Waals surface area contributed by atoms with Gasteiger partial charge in [0.05, 0.1) is 0 Å². The lowest BCUT2D eigenvalue weighted by Gasteiger charge is -2.23. The van der Waals surface area contributed by atoms with E-state index in [-0.39, 0.29) is 30.1 Å². The molecule has 0 aliphatic carbocycles. The third kappa shape index (κ3) is 7.56. The number of aryl methyl sites for hydroxylation is 1. The van der Waals surface area contributed by atoms with E-state index < -0.39 is 6.36 Å². The Kier molecular flexibility index (Phi) is 7.64. The molecule has 130 valence electrons. The molecule has 1 amide bonds. The number of amides is 1. The Morgan fingerprint density at radius 2 is 2.00 bits per heavy atom. The minimum atomic E-state index is -4.69. The normalized spacial score (nSPS) is 18.0. The predicted molar refractivity (Wildman–Crippen MR) is 82.7 cm³/mol. The van der Waals surface area contributed by atoms with Gasteiger partial charge in [-0.1, -0.05) is 12.1 Å². The van der Waals surface area contributed by atoms with Crippen LogP contribution in [0.25, 0.3) is 0 Å². The van der Waals surface area contributed by atoms with E-state index in [1.54, 1.807) is 0 Å². The average molecular weight is 353 g/mol. The molecule has 1 fully saturated rings. The molecule has 0 radical (unpaired) electrons. The molecule has 0 saturated carbocycles. The first-order chi connectivity index (χ1) is 10.4. The van der Waals surface area contributed by atoms with Gasteiger partial charge in [0.25, 0.3) is 0 Å². The smallest absolute Gasteiger partial charge is 0.406 e. The zero-order chi connectivity index (χ0) is 16.0. The summed E-state index contributed by atoms with van der Waals surface area (Å²) in [5.74, 6) is -0.293. The van der Waals surface area contributed by atoms with Gasteiger partial charge in [-0.05, 0) is 43.5 Å². The number of rotatable bonds is 5. The number of carbonyl (C=O) groups excluding carboxylic acids is 1. The van der Waals surface area contributed by atoms with E-state index in [1.165, 1.54) is 24.3 Å². The Hall–Kier alpha value is -1.47. The Morgan fingerprint density at radius 1 is 1.30 bits per heavy atom. The number of piperidine rings is 1. The fourth-order valence-electron chi connectivity index (χ4n) is 2.39. The Balaban J connectivity index is 0.00000264. The molecule has 1 atom stereocenters. The second-order valence-electron chi connectivity index (χ2n) is 5.30. The SMILES string of the molecule is Cl.O=C(CCc1ccc(OC(F)(F)F)cc1)NC1CCCNC1. The van der Waals surface area contributed by atoms with Crippen molar-refractivity contribution in [2.24, 2.45) is 0 Å². The zero-order valence-corrected chi connectivity index (χ0v) is 13.3. The first-order valence-corrected chi connectivity index (χ1v) is 7.27. The van der Waals surface area contributed by atoms with Crippen LogP contribution < -0.4 is 15.4 Å². The number of hydrogen-bond acceptors (Lipinski definition) is 3. The van der Waals surface area contributed by atoms with Gasteiger partial charge in [0.2, 0.25) is 5.91 Å². The molecular formula is C15H20ClF3N2O2. The molecule has 1 aliphatic rings. The van der Waals surface area contributed by atoms with E-state index in [0.29, 0.717) is 12.8 Å². The standard InChI is InChI=1S/C15H19F3N2O2.ClH/c16-15(17,18)22-13-6-3-11(4-7-13)5-8-14(21)20-12-2-1-9-19-10-12;/h3-4,6-7,12,19H,1-2,5,8-10H2,(H,20,21);1H. The van der Waals surface area contributed by atoms with Crippen LogP contribution in [0.3, 0.4) is 0 Å². The summed E-state index contributed by atoms with van der Waals surface area (Å²) in [6, 6.07) is 5.76. The largest absolute Gasteiger partial charge is 0.573 e. The first kappa shape index (κ1) is 19.6. The number of halogens is 4. The van der Waals surface area contributed by atoms with Crippen LogP contribution in [-0.2, 0) is 11.2 Å². The lowest BCUT2D eigenvalue weighted by atomic mass is 10.1. The fourth-order valence-corrected chi connectivity index (χ4v) is 2.39. The number of ether oxygens (including phenoxy) is 1. The minimum Gasteiger partial charge on any atom is -0.406 e. The third-order valence-corrected chi connectivity index (χ3v) is 3.46. The van der Waals surface area contributed by atoms with Crippen LogP contribution in [0.5, 0.6) is 5.75 Å². The van der Waals surface area contributed by atoms with Gasteiger partial charge < -0.3 is 15.4 Å². The van der Waals surface area contributed by atoms with E-state index in [4.69, 9.17) is 0 Å². The first-order valence-electron chi connectivity index (χ1n) is 7.27. The van der Waals surface area contributed by atoms with Gasteiger partial charge in [-0.25, -0.2) is 0 Å². The van der Waals surface area contributed by atoms with Crippen LogP contribution in [0.4, 0.5) is 13.2 Å². The van der Waals surface area contributed by atoms with Crippen LogP contribution in [0.1, 0.15) is 24.8 Å². The summed E-state index contributed by atoms with van der Waals surface area (Å²) in [6.07, 6.45) is -1.86. The van der Waals surface area contributed by atoms with Crippen LogP contribution in [0, 0.1) is 0 Å². The molecule has 1 aromatic carbocycles. The predicted octanol–water partition coefficient (Wildman–Crippen LogP) is 2.81. The van der Waals surface area contributed by atoms with E-state index >= 15 is 0 Å². The Bertz CT molecular complexity index is 488. The minimum absolute atomic E-state index is 0. The summed E-state index contributed by atoms with van der Waals surface area (Å²) < 4.78 is 39.9. The van der Waals surface area contributed by atoms with Crippen molar-refractivity contribution in [3.8, 4) is 5.75 Å². The topological polar surface area (TPSA) is 50.4 Å². The quantitative estimate of drug-likeness (QED) is 0.856. The number of hydrogen-bond donors (Lipinski definition) is 2. The molecule has 0 bridgehead atoms. The summed E-state index contributed by atoms with van der Waals surface area (Å²) in [5.41, 5.74) is 0.798. The maximum atomic E-state index is 12.0. The van der Waals surface area contributed by atoms with E-state index in [1.807, 2.05) is 0 Å². The lowest BCUT2D eigenvalue weighted by Crippen LogP contribution is -2.45. The van der Waals surface area contributed by atoms with Crippen molar-refractivity contribution in [1.82, 2.24) is 10.6 Å². The van der Waals surface area contributed by atoms with Crippen molar-refractivity contribution in [2.45, 2.75) is 38.1 Å².